The maximum Gasteiger partial charge on any atom is 0.335 e. The number of ether oxygens (including phenoxy) is 1. The number of fused-ring (bicyclic) bond motifs is 2. The van der Waals surface area contributed by atoms with Crippen molar-refractivity contribution in [3.8, 4) is 0 Å². The fourth-order valence-corrected chi connectivity index (χ4v) is 2.70. The average molecular weight is 208 g/mol. The van der Waals surface area contributed by atoms with Crippen LogP contribution in [-0.4, -0.2) is 24.3 Å². The number of esters is 1. The van der Waals surface area contributed by atoms with Crippen LogP contribution in [0.1, 0.15) is 12.8 Å². The molecule has 4 unspecified atom stereocenters. The number of rotatable bonds is 3. The Morgan fingerprint density at radius 3 is 2.73 bits per heavy atom. The molecule has 0 heterocycles. The molecule has 0 amide bonds. The lowest BCUT2D eigenvalue weighted by Crippen LogP contribution is -2.29. The fraction of sp³-hybridized carbons (Fsp3) is 0.583. The van der Waals surface area contributed by atoms with E-state index in [1.54, 1.807) is 0 Å². The molecule has 0 saturated heterocycles. The highest BCUT2D eigenvalue weighted by molar-refractivity contribution is 5.88. The minimum Gasteiger partial charge on any atom is -0.466 e. The first-order valence-electron chi connectivity index (χ1n) is 5.27. The summed E-state index contributed by atoms with van der Waals surface area (Å²) in [5.41, 5.74) is 0.184. The van der Waals surface area contributed by atoms with Gasteiger partial charge < -0.3 is 9.84 Å². The predicted octanol–water partition coefficient (Wildman–Crippen LogP) is 1.29. The molecule has 15 heavy (non-hydrogen) atoms. The molecule has 2 aliphatic rings. The Kier molecular flexibility index (Phi) is 2.65. The fourth-order valence-electron chi connectivity index (χ4n) is 2.70. The lowest BCUT2D eigenvalue weighted by molar-refractivity contribution is -0.137. The molecule has 2 aliphatic carbocycles. The van der Waals surface area contributed by atoms with Crippen LogP contribution < -0.4 is 0 Å². The summed E-state index contributed by atoms with van der Waals surface area (Å²) >= 11 is 0. The number of carbonyl (C=O) groups excluding carboxylic acids is 1. The standard InChI is InChI=1S/C12H16O3/c1-7(12(14)15-2)11(13)10-6-8-3-4-9(10)5-8/h3-4,8-11,13H,1,5-6H2,2H3. The highest BCUT2D eigenvalue weighted by Gasteiger charge is 2.41. The minimum atomic E-state index is -0.752. The minimum absolute atomic E-state index is 0.145. The Balaban J connectivity index is 2.03. The molecule has 1 saturated carbocycles. The highest BCUT2D eigenvalue weighted by atomic mass is 16.5. The summed E-state index contributed by atoms with van der Waals surface area (Å²) in [4.78, 5) is 11.2. The van der Waals surface area contributed by atoms with E-state index >= 15 is 0 Å². The van der Waals surface area contributed by atoms with Gasteiger partial charge in [-0.2, -0.15) is 0 Å². The van der Waals surface area contributed by atoms with E-state index in [0.717, 1.165) is 12.8 Å². The van der Waals surface area contributed by atoms with E-state index in [-0.39, 0.29) is 11.5 Å². The van der Waals surface area contributed by atoms with Crippen molar-refractivity contribution in [2.75, 3.05) is 7.11 Å². The molecule has 0 aromatic carbocycles. The van der Waals surface area contributed by atoms with Gasteiger partial charge in [-0.3, -0.25) is 0 Å². The van der Waals surface area contributed by atoms with Gasteiger partial charge in [-0.05, 0) is 30.6 Å². The van der Waals surface area contributed by atoms with Crippen LogP contribution in [0.4, 0.5) is 0 Å². The van der Waals surface area contributed by atoms with Crippen molar-refractivity contribution in [1.82, 2.24) is 0 Å². The second kappa shape index (κ2) is 3.81. The average Bonchev–Trinajstić information content (AvgIpc) is 2.87. The molecule has 82 valence electrons. The first-order chi connectivity index (χ1) is 7.13. The van der Waals surface area contributed by atoms with Gasteiger partial charge in [0.2, 0.25) is 0 Å². The van der Waals surface area contributed by atoms with Crippen LogP contribution in [0.5, 0.6) is 0 Å². The molecule has 0 radical (unpaired) electrons. The van der Waals surface area contributed by atoms with E-state index in [1.807, 2.05) is 0 Å². The summed E-state index contributed by atoms with van der Waals surface area (Å²) in [5, 5.41) is 10.0. The summed E-state index contributed by atoms with van der Waals surface area (Å²) in [7, 11) is 1.31. The van der Waals surface area contributed by atoms with Gasteiger partial charge in [-0.25, -0.2) is 4.79 Å². The van der Waals surface area contributed by atoms with Crippen LogP contribution in [0.3, 0.4) is 0 Å². The molecule has 0 aliphatic heterocycles. The molecular weight excluding hydrogens is 192 g/mol. The van der Waals surface area contributed by atoms with Crippen molar-refractivity contribution in [3.05, 3.63) is 24.3 Å². The maximum atomic E-state index is 11.2. The topological polar surface area (TPSA) is 46.5 Å². The Morgan fingerprint density at radius 2 is 2.27 bits per heavy atom. The number of hydrogen-bond acceptors (Lipinski definition) is 3. The van der Waals surface area contributed by atoms with Crippen LogP contribution >= 0.6 is 0 Å². The van der Waals surface area contributed by atoms with Gasteiger partial charge >= 0.3 is 5.97 Å². The number of carbonyl (C=O) groups is 1. The molecule has 0 aromatic rings. The van der Waals surface area contributed by atoms with Crippen LogP contribution in [0.15, 0.2) is 24.3 Å². The Hall–Kier alpha value is -1.09. The summed E-state index contributed by atoms with van der Waals surface area (Å²) < 4.78 is 4.56. The normalized spacial score (nSPS) is 34.1. The highest BCUT2D eigenvalue weighted by Crippen LogP contribution is 2.45. The van der Waals surface area contributed by atoms with Gasteiger partial charge in [-0.15, -0.1) is 0 Å². The van der Waals surface area contributed by atoms with Gasteiger partial charge in [0.05, 0.1) is 18.8 Å². The molecule has 1 fully saturated rings. The van der Waals surface area contributed by atoms with Crippen LogP contribution in [-0.2, 0) is 9.53 Å². The van der Waals surface area contributed by atoms with Gasteiger partial charge in [-0.1, -0.05) is 18.7 Å². The lowest BCUT2D eigenvalue weighted by Gasteiger charge is -2.24. The van der Waals surface area contributed by atoms with E-state index in [2.05, 4.69) is 23.5 Å². The van der Waals surface area contributed by atoms with E-state index in [9.17, 15) is 9.90 Å². The SMILES string of the molecule is C=C(C(=O)OC)C(O)C1CC2C=CC1C2. The quantitative estimate of drug-likeness (QED) is 0.432. The van der Waals surface area contributed by atoms with Crippen molar-refractivity contribution in [1.29, 1.82) is 0 Å². The summed E-state index contributed by atoms with van der Waals surface area (Å²) in [6.45, 7) is 3.60. The second-order valence-corrected chi connectivity index (χ2v) is 4.41. The second-order valence-electron chi connectivity index (χ2n) is 4.41. The molecule has 3 heteroatoms. The zero-order chi connectivity index (χ0) is 11.0. The molecule has 0 aromatic heterocycles. The zero-order valence-electron chi connectivity index (χ0n) is 8.85. The van der Waals surface area contributed by atoms with Crippen molar-refractivity contribution in [2.24, 2.45) is 17.8 Å². The summed E-state index contributed by atoms with van der Waals surface area (Å²) in [6, 6.07) is 0. The van der Waals surface area contributed by atoms with E-state index < -0.39 is 12.1 Å². The number of aliphatic hydroxyl groups excluding tert-OH is 1. The van der Waals surface area contributed by atoms with E-state index in [4.69, 9.17) is 0 Å². The summed E-state index contributed by atoms with van der Waals surface area (Å²) in [6.07, 6.45) is 5.66. The predicted molar refractivity (Wildman–Crippen MR) is 56.0 cm³/mol. The van der Waals surface area contributed by atoms with Crippen molar-refractivity contribution in [2.45, 2.75) is 18.9 Å². The van der Waals surface area contributed by atoms with Crippen molar-refractivity contribution >= 4 is 5.97 Å². The first kappa shape index (κ1) is 10.4. The summed E-state index contributed by atoms with van der Waals surface area (Å²) in [5.74, 6) is 0.632. The van der Waals surface area contributed by atoms with E-state index in [1.165, 1.54) is 7.11 Å². The molecule has 4 atom stereocenters. The van der Waals surface area contributed by atoms with Crippen molar-refractivity contribution in [3.63, 3.8) is 0 Å². The number of hydrogen-bond donors (Lipinski definition) is 1. The molecule has 1 N–H and O–H groups in total. The third kappa shape index (κ3) is 1.72. The monoisotopic (exact) mass is 208 g/mol. The first-order valence-corrected chi connectivity index (χ1v) is 5.27. The number of allylic oxidation sites excluding steroid dienone is 2. The number of aliphatic hydroxyl groups is 1. The van der Waals surface area contributed by atoms with E-state index in [0.29, 0.717) is 11.8 Å². The van der Waals surface area contributed by atoms with Crippen molar-refractivity contribution < 1.29 is 14.6 Å². The van der Waals surface area contributed by atoms with Gasteiger partial charge in [0.15, 0.2) is 0 Å². The Labute approximate surface area is 89.4 Å². The van der Waals surface area contributed by atoms with Gasteiger partial charge in [0, 0.05) is 0 Å². The molecule has 2 rings (SSSR count). The van der Waals surface area contributed by atoms with Gasteiger partial charge in [0.1, 0.15) is 0 Å². The third-order valence-corrected chi connectivity index (χ3v) is 3.54. The molecule has 0 spiro atoms. The zero-order valence-corrected chi connectivity index (χ0v) is 8.85. The lowest BCUT2D eigenvalue weighted by atomic mass is 9.85. The van der Waals surface area contributed by atoms with Crippen LogP contribution in [0, 0.1) is 17.8 Å². The largest absolute Gasteiger partial charge is 0.466 e. The van der Waals surface area contributed by atoms with Gasteiger partial charge in [0.25, 0.3) is 0 Å². The molecule has 3 nitrogen and oxygen atoms in total. The Bertz CT molecular complexity index is 319. The smallest absolute Gasteiger partial charge is 0.335 e. The number of methoxy groups -OCH3 is 1. The van der Waals surface area contributed by atoms with Crippen LogP contribution in [0.25, 0.3) is 0 Å². The molecular formula is C12H16O3. The van der Waals surface area contributed by atoms with Crippen LogP contribution in [0.2, 0.25) is 0 Å². The maximum absolute atomic E-state index is 11.2. The third-order valence-electron chi connectivity index (χ3n) is 3.54. The molecule has 2 bridgehead atoms. The Morgan fingerprint density at radius 1 is 1.53 bits per heavy atom.